The van der Waals surface area contributed by atoms with E-state index in [1.165, 1.54) is 18.3 Å². The molecule has 1 aliphatic rings. The van der Waals surface area contributed by atoms with E-state index in [0.29, 0.717) is 55.8 Å². The molecule has 0 fully saturated rings. The maximum absolute atomic E-state index is 13.2. The van der Waals surface area contributed by atoms with Crippen LogP contribution in [-0.4, -0.2) is 43.0 Å². The zero-order valence-corrected chi connectivity index (χ0v) is 27.2. The summed E-state index contributed by atoms with van der Waals surface area (Å²) in [6.45, 7) is 5.80. The van der Waals surface area contributed by atoms with Gasteiger partial charge in [-0.2, -0.15) is 5.10 Å². The van der Waals surface area contributed by atoms with E-state index in [9.17, 15) is 14.0 Å². The Labute approximate surface area is 274 Å². The Kier molecular flexibility index (Phi) is 11.9. The quantitative estimate of drug-likeness (QED) is 0.0927. The number of thiocarbonyl (C=S) groups is 1. The maximum atomic E-state index is 13.2. The maximum Gasteiger partial charge on any atom is 0.338 e. The van der Waals surface area contributed by atoms with Crippen molar-refractivity contribution in [1.29, 1.82) is 0 Å². The van der Waals surface area contributed by atoms with Gasteiger partial charge in [0, 0.05) is 11.3 Å². The Hall–Kier alpha value is -4.49. The molecule has 3 aromatic rings. The topological polar surface area (TPSA) is 120 Å². The average Bonchev–Trinajstić information content (AvgIpc) is 3.00. The summed E-state index contributed by atoms with van der Waals surface area (Å²) in [7, 11) is 0. The van der Waals surface area contributed by atoms with Crippen LogP contribution in [0.5, 0.6) is 17.2 Å². The minimum absolute atomic E-state index is 0.213. The van der Waals surface area contributed by atoms with E-state index in [2.05, 4.69) is 37.1 Å². The van der Waals surface area contributed by atoms with Crippen LogP contribution in [-0.2, 0) is 20.9 Å². The predicted molar refractivity (Wildman–Crippen MR) is 175 cm³/mol. The van der Waals surface area contributed by atoms with Crippen molar-refractivity contribution in [2.75, 3.05) is 19.8 Å². The molecule has 3 N–H and O–H groups in total. The second-order valence-electron chi connectivity index (χ2n) is 9.59. The zero-order chi connectivity index (χ0) is 32.3. The molecule has 45 heavy (non-hydrogen) atoms. The normalized spacial score (nSPS) is 14.4. The molecule has 3 aromatic carbocycles. The molecule has 0 aromatic heterocycles. The third kappa shape index (κ3) is 9.02. The highest BCUT2D eigenvalue weighted by Crippen LogP contribution is 2.37. The Bertz CT molecular complexity index is 1620. The van der Waals surface area contributed by atoms with Crippen molar-refractivity contribution in [2.45, 2.75) is 33.4 Å². The lowest BCUT2D eigenvalue weighted by atomic mass is 9.95. The summed E-state index contributed by atoms with van der Waals surface area (Å²) in [6, 6.07) is 15.9. The SMILES string of the molecule is CCOC(=O)C1=C(C)NC(=S)N[C@H]1c1ccccc1OCC(=O)NN=Cc1cc(Br)c(OCc2ccc(F)cc2)c(OCC)c1. The van der Waals surface area contributed by atoms with Gasteiger partial charge in [0.2, 0.25) is 0 Å². The first kappa shape index (κ1) is 33.4. The van der Waals surface area contributed by atoms with Crippen molar-refractivity contribution in [1.82, 2.24) is 16.1 Å². The molecule has 0 spiro atoms. The highest BCUT2D eigenvalue weighted by atomic mass is 79.9. The Morgan fingerprint density at radius 2 is 1.80 bits per heavy atom. The van der Waals surface area contributed by atoms with Gasteiger partial charge in [0.25, 0.3) is 5.91 Å². The van der Waals surface area contributed by atoms with Crippen LogP contribution >= 0.6 is 28.1 Å². The lowest BCUT2D eigenvalue weighted by Gasteiger charge is -2.30. The number of allylic oxidation sites excluding steroid dienone is 1. The molecule has 10 nitrogen and oxygen atoms in total. The molecule has 1 atom stereocenters. The summed E-state index contributed by atoms with van der Waals surface area (Å²) in [5, 5.41) is 10.4. The van der Waals surface area contributed by atoms with E-state index in [0.717, 1.165) is 5.56 Å². The summed E-state index contributed by atoms with van der Waals surface area (Å²) in [5.74, 6) is 0.0223. The minimum Gasteiger partial charge on any atom is -0.490 e. The van der Waals surface area contributed by atoms with Crippen LogP contribution in [0.25, 0.3) is 0 Å². The third-order valence-electron chi connectivity index (χ3n) is 6.38. The first-order valence-electron chi connectivity index (χ1n) is 14.0. The average molecular weight is 700 g/mol. The number of halogens is 2. The summed E-state index contributed by atoms with van der Waals surface area (Å²) >= 11 is 8.83. The van der Waals surface area contributed by atoms with Crippen LogP contribution < -0.4 is 30.3 Å². The number of carbonyl (C=O) groups excluding carboxylic acids is 2. The molecule has 0 bridgehead atoms. The van der Waals surface area contributed by atoms with Crippen LogP contribution in [0.3, 0.4) is 0 Å². The second kappa shape index (κ2) is 16.0. The first-order valence-corrected chi connectivity index (χ1v) is 15.2. The van der Waals surface area contributed by atoms with Crippen molar-refractivity contribution in [2.24, 2.45) is 5.10 Å². The van der Waals surface area contributed by atoms with Crippen molar-refractivity contribution < 1.29 is 32.9 Å². The molecule has 1 aliphatic heterocycles. The fourth-order valence-corrected chi connectivity index (χ4v) is 5.26. The number of hydrogen-bond donors (Lipinski definition) is 3. The molecule has 0 radical (unpaired) electrons. The van der Waals surface area contributed by atoms with Crippen molar-refractivity contribution in [3.8, 4) is 17.2 Å². The molecular weight excluding hydrogens is 667 g/mol. The number of rotatable bonds is 13. The Morgan fingerprint density at radius 3 is 2.53 bits per heavy atom. The number of hydrazone groups is 1. The summed E-state index contributed by atoms with van der Waals surface area (Å²) < 4.78 is 36.6. The van der Waals surface area contributed by atoms with Gasteiger partial charge in [0.05, 0.1) is 35.5 Å². The Balaban J connectivity index is 1.41. The number of nitrogens with one attached hydrogen (secondary N) is 3. The molecule has 0 aliphatic carbocycles. The van der Waals surface area contributed by atoms with Gasteiger partial charge in [-0.3, -0.25) is 4.79 Å². The zero-order valence-electron chi connectivity index (χ0n) is 24.8. The molecule has 4 rings (SSSR count). The number of nitrogens with zero attached hydrogens (tertiary/aromatic N) is 1. The highest BCUT2D eigenvalue weighted by Gasteiger charge is 2.32. The van der Waals surface area contributed by atoms with E-state index < -0.39 is 17.9 Å². The third-order valence-corrected chi connectivity index (χ3v) is 7.19. The van der Waals surface area contributed by atoms with Crippen molar-refractivity contribution in [3.63, 3.8) is 0 Å². The van der Waals surface area contributed by atoms with Crippen LogP contribution in [0.1, 0.15) is 43.5 Å². The van der Waals surface area contributed by atoms with E-state index >= 15 is 0 Å². The van der Waals surface area contributed by atoms with Crippen molar-refractivity contribution in [3.05, 3.63) is 98.9 Å². The second-order valence-corrected chi connectivity index (χ2v) is 10.9. The van der Waals surface area contributed by atoms with E-state index in [1.54, 1.807) is 62.4 Å². The summed E-state index contributed by atoms with van der Waals surface area (Å²) in [4.78, 5) is 25.4. The van der Waals surface area contributed by atoms with Crippen LogP contribution in [0, 0.1) is 5.82 Å². The van der Waals surface area contributed by atoms with E-state index in [-0.39, 0.29) is 25.6 Å². The van der Waals surface area contributed by atoms with Gasteiger partial charge in [-0.25, -0.2) is 14.6 Å². The van der Waals surface area contributed by atoms with Gasteiger partial charge in [0.1, 0.15) is 18.2 Å². The molecule has 0 saturated carbocycles. The number of amides is 1. The van der Waals surface area contributed by atoms with E-state index in [1.807, 2.05) is 6.92 Å². The highest BCUT2D eigenvalue weighted by molar-refractivity contribution is 9.10. The van der Waals surface area contributed by atoms with Gasteiger partial charge < -0.3 is 29.6 Å². The summed E-state index contributed by atoms with van der Waals surface area (Å²) in [5.41, 5.74) is 5.41. The van der Waals surface area contributed by atoms with Gasteiger partial charge >= 0.3 is 5.97 Å². The Morgan fingerprint density at radius 1 is 1.04 bits per heavy atom. The standard InChI is InChI=1S/C32H32BrFN4O6S/c1-4-41-26-15-21(14-24(33)30(26)44-17-20-10-12-22(34)13-11-20)16-35-38-27(39)18-43-25-9-7-6-8-23(25)29-28(31(40)42-5-2)19(3)36-32(45)37-29/h6-16,29H,4-5,17-18H2,1-3H3,(H,38,39)(H2,36,37,45)/t29-/m0/s1. The number of hydrogen-bond acceptors (Lipinski definition) is 8. The van der Waals surface area contributed by atoms with Crippen LogP contribution in [0.2, 0.25) is 0 Å². The van der Waals surface area contributed by atoms with Crippen LogP contribution in [0.15, 0.2) is 81.5 Å². The van der Waals surface area contributed by atoms with Gasteiger partial charge in [-0.1, -0.05) is 30.3 Å². The molecule has 0 unspecified atom stereocenters. The van der Waals surface area contributed by atoms with Gasteiger partial charge in [-0.05, 0) is 90.4 Å². The first-order chi connectivity index (χ1) is 21.7. The molecular formula is C32H32BrFN4O6S. The summed E-state index contributed by atoms with van der Waals surface area (Å²) in [6.07, 6.45) is 1.46. The fraction of sp³-hybridized carbons (Fsp3) is 0.250. The molecule has 1 heterocycles. The number of benzene rings is 3. The molecule has 1 amide bonds. The molecule has 13 heteroatoms. The number of para-hydroxylation sites is 1. The molecule has 0 saturated heterocycles. The predicted octanol–water partition coefficient (Wildman–Crippen LogP) is 5.45. The van der Waals surface area contributed by atoms with Gasteiger partial charge in [0.15, 0.2) is 23.2 Å². The largest absolute Gasteiger partial charge is 0.490 e. The number of esters is 1. The monoisotopic (exact) mass is 698 g/mol. The van der Waals surface area contributed by atoms with Crippen LogP contribution in [0.4, 0.5) is 4.39 Å². The van der Waals surface area contributed by atoms with Crippen molar-refractivity contribution >= 4 is 51.4 Å². The number of ether oxygens (including phenoxy) is 4. The smallest absolute Gasteiger partial charge is 0.338 e. The van der Waals surface area contributed by atoms with E-state index in [4.69, 9.17) is 31.2 Å². The fourth-order valence-electron chi connectivity index (χ4n) is 4.41. The minimum atomic E-state index is -0.643. The van der Waals surface area contributed by atoms with Gasteiger partial charge in [-0.15, -0.1) is 0 Å². The lowest BCUT2D eigenvalue weighted by Crippen LogP contribution is -2.45. The molecule has 236 valence electrons. The lowest BCUT2D eigenvalue weighted by molar-refractivity contribution is -0.139. The number of carbonyl (C=O) groups is 2.